The third-order valence-electron chi connectivity index (χ3n) is 6.70. The number of fused-ring (bicyclic) bond motifs is 1. The van der Waals surface area contributed by atoms with Crippen LogP contribution in [-0.4, -0.2) is 36.1 Å². The number of hydrogen-bond donors (Lipinski definition) is 0. The molecule has 2 aromatic carbocycles. The molecule has 0 radical (unpaired) electrons. The van der Waals surface area contributed by atoms with Crippen molar-refractivity contribution in [2.75, 3.05) is 36.0 Å². The minimum atomic E-state index is 0.318. The first kappa shape index (κ1) is 21.2. The van der Waals surface area contributed by atoms with Gasteiger partial charge in [-0.3, -0.25) is 0 Å². The van der Waals surface area contributed by atoms with Crippen LogP contribution in [0.4, 0.5) is 11.5 Å². The van der Waals surface area contributed by atoms with E-state index in [4.69, 9.17) is 16.6 Å². The zero-order valence-corrected chi connectivity index (χ0v) is 20.5. The maximum Gasteiger partial charge on any atom is 0.225 e. The van der Waals surface area contributed by atoms with Gasteiger partial charge in [-0.25, -0.2) is 4.98 Å². The molecule has 4 nitrogen and oxygen atoms in total. The Kier molecular flexibility index (Phi) is 5.56. The average molecular weight is 463 g/mol. The molecule has 0 bridgehead atoms. The quantitative estimate of drug-likeness (QED) is 0.322. The van der Waals surface area contributed by atoms with Gasteiger partial charge in [0.15, 0.2) is 0 Å². The lowest BCUT2D eigenvalue weighted by molar-refractivity contribution is 0.647. The number of aryl methyl sites for hydroxylation is 3. The van der Waals surface area contributed by atoms with Gasteiger partial charge in [0.25, 0.3) is 0 Å². The van der Waals surface area contributed by atoms with Gasteiger partial charge in [0.1, 0.15) is 10.6 Å². The SMILES string of the molecule is Cc1ccc(-c2csc3nc(Cl)nc(N4CCN(c5cccc(C)c5C)CC4)c23)cc1C. The molecule has 1 aliphatic heterocycles. The van der Waals surface area contributed by atoms with E-state index in [1.54, 1.807) is 11.3 Å². The minimum Gasteiger partial charge on any atom is -0.368 e. The fourth-order valence-electron chi connectivity index (χ4n) is 4.49. The lowest BCUT2D eigenvalue weighted by Gasteiger charge is -2.38. The first-order valence-corrected chi connectivity index (χ1v) is 12.3. The van der Waals surface area contributed by atoms with Crippen molar-refractivity contribution in [1.82, 2.24) is 9.97 Å². The topological polar surface area (TPSA) is 32.3 Å². The molecular weight excluding hydrogens is 436 g/mol. The number of aromatic nitrogens is 2. The predicted molar refractivity (Wildman–Crippen MR) is 138 cm³/mol. The molecule has 164 valence electrons. The lowest BCUT2D eigenvalue weighted by atomic mass is 10.0. The number of anilines is 2. The Balaban J connectivity index is 1.50. The monoisotopic (exact) mass is 462 g/mol. The normalized spacial score (nSPS) is 14.4. The smallest absolute Gasteiger partial charge is 0.225 e. The van der Waals surface area contributed by atoms with Crippen LogP contribution in [0.15, 0.2) is 41.8 Å². The zero-order valence-electron chi connectivity index (χ0n) is 18.9. The Morgan fingerprint density at radius 1 is 0.844 bits per heavy atom. The van der Waals surface area contributed by atoms with Gasteiger partial charge in [-0.05, 0) is 73.2 Å². The van der Waals surface area contributed by atoms with Crippen LogP contribution in [-0.2, 0) is 0 Å². The lowest BCUT2D eigenvalue weighted by Crippen LogP contribution is -2.47. The number of thiophene rings is 1. The highest BCUT2D eigenvalue weighted by Gasteiger charge is 2.24. The van der Waals surface area contributed by atoms with Crippen LogP contribution in [0.5, 0.6) is 0 Å². The maximum atomic E-state index is 6.35. The van der Waals surface area contributed by atoms with E-state index >= 15 is 0 Å². The van der Waals surface area contributed by atoms with E-state index in [0.29, 0.717) is 5.28 Å². The third-order valence-corrected chi connectivity index (χ3v) is 7.74. The summed E-state index contributed by atoms with van der Waals surface area (Å²) in [7, 11) is 0. The molecule has 1 fully saturated rings. The predicted octanol–water partition coefficient (Wildman–Crippen LogP) is 6.57. The van der Waals surface area contributed by atoms with Gasteiger partial charge in [0.2, 0.25) is 5.28 Å². The maximum absolute atomic E-state index is 6.35. The van der Waals surface area contributed by atoms with Crippen molar-refractivity contribution in [3.8, 4) is 11.1 Å². The molecule has 0 atom stereocenters. The summed E-state index contributed by atoms with van der Waals surface area (Å²) in [5.41, 5.74) is 9.03. The van der Waals surface area contributed by atoms with Crippen LogP contribution in [0, 0.1) is 27.7 Å². The summed E-state index contributed by atoms with van der Waals surface area (Å²) in [4.78, 5) is 15.1. The van der Waals surface area contributed by atoms with Crippen molar-refractivity contribution in [3.05, 3.63) is 69.3 Å². The second kappa shape index (κ2) is 8.38. The molecule has 0 aliphatic carbocycles. The first-order chi connectivity index (χ1) is 15.4. The summed E-state index contributed by atoms with van der Waals surface area (Å²) in [6, 6.07) is 13.2. The van der Waals surface area contributed by atoms with Crippen LogP contribution in [0.1, 0.15) is 22.3 Å². The molecule has 0 saturated carbocycles. The molecule has 2 aromatic heterocycles. The van der Waals surface area contributed by atoms with Gasteiger partial charge in [-0.15, -0.1) is 11.3 Å². The second-order valence-electron chi connectivity index (χ2n) is 8.64. The number of halogens is 1. The zero-order chi connectivity index (χ0) is 22.4. The Labute approximate surface area is 198 Å². The highest BCUT2D eigenvalue weighted by molar-refractivity contribution is 7.17. The van der Waals surface area contributed by atoms with Crippen molar-refractivity contribution in [2.45, 2.75) is 27.7 Å². The van der Waals surface area contributed by atoms with Crippen molar-refractivity contribution >= 4 is 44.7 Å². The molecule has 1 aliphatic rings. The third kappa shape index (κ3) is 3.74. The molecule has 32 heavy (non-hydrogen) atoms. The first-order valence-electron chi connectivity index (χ1n) is 11.0. The number of nitrogens with zero attached hydrogens (tertiary/aromatic N) is 4. The Morgan fingerprint density at radius 3 is 2.34 bits per heavy atom. The Bertz CT molecular complexity index is 1300. The van der Waals surface area contributed by atoms with Crippen molar-refractivity contribution in [1.29, 1.82) is 0 Å². The van der Waals surface area contributed by atoms with Crippen LogP contribution in [0.3, 0.4) is 0 Å². The van der Waals surface area contributed by atoms with Gasteiger partial charge in [0, 0.05) is 42.8 Å². The standard InChI is InChI=1S/C26H27ClN4S/c1-16-8-9-20(14-18(16)3)21-15-32-25-23(21)24(28-26(27)29-25)31-12-10-30(11-13-31)22-7-5-6-17(2)19(22)4/h5-9,14-15H,10-13H2,1-4H3. The molecule has 1 saturated heterocycles. The van der Waals surface area contributed by atoms with Gasteiger partial charge in [-0.1, -0.05) is 30.3 Å². The summed E-state index contributed by atoms with van der Waals surface area (Å²) in [6.07, 6.45) is 0. The second-order valence-corrected chi connectivity index (χ2v) is 9.83. The molecule has 0 amide bonds. The van der Waals surface area contributed by atoms with E-state index in [9.17, 15) is 0 Å². The van der Waals surface area contributed by atoms with E-state index < -0.39 is 0 Å². The molecule has 0 N–H and O–H groups in total. The van der Waals surface area contributed by atoms with Crippen LogP contribution < -0.4 is 9.80 Å². The van der Waals surface area contributed by atoms with E-state index in [2.05, 4.69) is 84.3 Å². The molecule has 5 rings (SSSR count). The van der Waals surface area contributed by atoms with Crippen LogP contribution >= 0.6 is 22.9 Å². The van der Waals surface area contributed by atoms with Crippen molar-refractivity contribution < 1.29 is 0 Å². The van der Waals surface area contributed by atoms with Gasteiger partial charge in [-0.2, -0.15) is 4.98 Å². The largest absolute Gasteiger partial charge is 0.368 e. The highest BCUT2D eigenvalue weighted by Crippen LogP contribution is 2.40. The molecule has 4 aromatic rings. The van der Waals surface area contributed by atoms with E-state index in [1.165, 1.54) is 39.1 Å². The summed E-state index contributed by atoms with van der Waals surface area (Å²) in [6.45, 7) is 12.4. The number of hydrogen-bond acceptors (Lipinski definition) is 5. The summed E-state index contributed by atoms with van der Waals surface area (Å²) < 4.78 is 0. The Hall–Kier alpha value is -2.63. The number of piperazine rings is 1. The number of benzene rings is 2. The van der Waals surface area contributed by atoms with E-state index in [1.807, 2.05) is 0 Å². The molecule has 3 heterocycles. The summed E-state index contributed by atoms with van der Waals surface area (Å²) >= 11 is 7.99. The van der Waals surface area contributed by atoms with E-state index in [0.717, 1.165) is 42.2 Å². The minimum absolute atomic E-state index is 0.318. The fraction of sp³-hybridized carbons (Fsp3) is 0.308. The van der Waals surface area contributed by atoms with Gasteiger partial charge >= 0.3 is 0 Å². The summed E-state index contributed by atoms with van der Waals surface area (Å²) in [5.74, 6) is 0.954. The average Bonchev–Trinajstić information content (AvgIpc) is 3.21. The van der Waals surface area contributed by atoms with Gasteiger partial charge in [0.05, 0.1) is 5.39 Å². The van der Waals surface area contributed by atoms with Crippen molar-refractivity contribution in [3.63, 3.8) is 0 Å². The van der Waals surface area contributed by atoms with Crippen LogP contribution in [0.2, 0.25) is 5.28 Å². The van der Waals surface area contributed by atoms with Crippen molar-refractivity contribution in [2.24, 2.45) is 0 Å². The Morgan fingerprint density at radius 2 is 1.59 bits per heavy atom. The highest BCUT2D eigenvalue weighted by atomic mass is 35.5. The number of rotatable bonds is 3. The molecular formula is C26H27ClN4S. The van der Waals surface area contributed by atoms with Gasteiger partial charge < -0.3 is 9.80 Å². The van der Waals surface area contributed by atoms with E-state index in [-0.39, 0.29) is 0 Å². The summed E-state index contributed by atoms with van der Waals surface area (Å²) in [5, 5.41) is 3.62. The van der Waals surface area contributed by atoms with Crippen LogP contribution in [0.25, 0.3) is 21.3 Å². The molecule has 0 spiro atoms. The molecule has 6 heteroatoms. The molecule has 0 unspecified atom stereocenters. The fourth-order valence-corrected chi connectivity index (χ4v) is 5.64.